The number of Topliss-reactive ketones (excluding diaryl/α,β-unsaturated/α-hetero) is 2. The highest BCUT2D eigenvalue weighted by atomic mass is 16.5. The second-order valence-electron chi connectivity index (χ2n) is 10.1. The number of ether oxygens (including phenoxy) is 4. The molecular weight excluding hydrogens is 536 g/mol. The quantitative estimate of drug-likeness (QED) is 0.224. The van der Waals surface area contributed by atoms with Gasteiger partial charge in [0, 0.05) is 47.9 Å². The fourth-order valence-electron chi connectivity index (χ4n) is 6.20. The van der Waals surface area contributed by atoms with E-state index in [0.29, 0.717) is 0 Å². The molecule has 1 fully saturated rings. The standard InChI is InChI=1S/C34H32O8/c1-39-23-15-21(35)16-24(40-2)29(23)33(37)31-27(19-11-7-5-8-12-19)28(20-13-9-6-10-14-20)32(31)34(38)30-25(41-3)17-22(36)18-26(30)42-4/h5-18,27-28,31-32,35-36H,1-4H3/t27-,28-,31+,32+/m1/s1. The van der Waals surface area contributed by atoms with E-state index in [2.05, 4.69) is 0 Å². The molecule has 5 rings (SSSR count). The third kappa shape index (κ3) is 4.89. The molecule has 2 N–H and O–H groups in total. The van der Waals surface area contributed by atoms with E-state index in [1.165, 1.54) is 52.7 Å². The lowest BCUT2D eigenvalue weighted by molar-refractivity contribution is 0.0448. The van der Waals surface area contributed by atoms with Crippen LogP contribution in [0, 0.1) is 11.8 Å². The molecule has 8 nitrogen and oxygen atoms in total. The van der Waals surface area contributed by atoms with Gasteiger partial charge in [-0.2, -0.15) is 0 Å². The van der Waals surface area contributed by atoms with Crippen LogP contribution in [0.25, 0.3) is 0 Å². The van der Waals surface area contributed by atoms with Crippen molar-refractivity contribution in [2.75, 3.05) is 28.4 Å². The minimum absolute atomic E-state index is 0.123. The topological polar surface area (TPSA) is 112 Å². The van der Waals surface area contributed by atoms with E-state index in [-0.39, 0.29) is 69.0 Å². The number of aromatic hydroxyl groups is 2. The number of ketones is 2. The number of phenols is 2. The third-order valence-electron chi connectivity index (χ3n) is 8.00. The lowest BCUT2D eigenvalue weighted by Crippen LogP contribution is -2.51. The van der Waals surface area contributed by atoms with Crippen molar-refractivity contribution in [2.24, 2.45) is 11.8 Å². The molecular formula is C34H32O8. The molecule has 42 heavy (non-hydrogen) atoms. The lowest BCUT2D eigenvalue weighted by atomic mass is 9.49. The Hall–Kier alpha value is -4.98. The van der Waals surface area contributed by atoms with E-state index < -0.39 is 11.8 Å². The number of benzene rings is 4. The first-order valence-corrected chi connectivity index (χ1v) is 13.4. The van der Waals surface area contributed by atoms with Crippen molar-refractivity contribution in [1.82, 2.24) is 0 Å². The normalized spacial score (nSPS) is 19.3. The Morgan fingerprint density at radius 2 is 0.810 bits per heavy atom. The summed E-state index contributed by atoms with van der Waals surface area (Å²) in [5.74, 6) is -2.88. The number of phenolic OH excluding ortho intramolecular Hbond substituents is 2. The van der Waals surface area contributed by atoms with Gasteiger partial charge in [0.15, 0.2) is 11.6 Å². The summed E-state index contributed by atoms with van der Waals surface area (Å²) >= 11 is 0. The molecule has 1 saturated carbocycles. The number of hydrogen-bond acceptors (Lipinski definition) is 8. The lowest BCUT2D eigenvalue weighted by Gasteiger charge is -2.51. The molecule has 0 heterocycles. The highest BCUT2D eigenvalue weighted by Crippen LogP contribution is 2.61. The van der Waals surface area contributed by atoms with Gasteiger partial charge in [-0.25, -0.2) is 0 Å². The fourth-order valence-corrected chi connectivity index (χ4v) is 6.20. The molecule has 0 bridgehead atoms. The van der Waals surface area contributed by atoms with Crippen LogP contribution in [0.15, 0.2) is 84.9 Å². The van der Waals surface area contributed by atoms with Crippen LogP contribution in [0.2, 0.25) is 0 Å². The van der Waals surface area contributed by atoms with Crippen LogP contribution in [0.1, 0.15) is 43.7 Å². The predicted molar refractivity (Wildman–Crippen MR) is 156 cm³/mol. The maximum atomic E-state index is 14.7. The number of carbonyl (C=O) groups excluding carboxylic acids is 2. The number of methoxy groups -OCH3 is 4. The highest BCUT2D eigenvalue weighted by Gasteiger charge is 2.59. The van der Waals surface area contributed by atoms with Crippen LogP contribution in [0.5, 0.6) is 34.5 Å². The van der Waals surface area contributed by atoms with E-state index in [1.807, 2.05) is 60.7 Å². The van der Waals surface area contributed by atoms with Crippen molar-refractivity contribution < 1.29 is 38.7 Å². The summed E-state index contributed by atoms with van der Waals surface area (Å²) in [6.07, 6.45) is 0. The van der Waals surface area contributed by atoms with Gasteiger partial charge in [-0.15, -0.1) is 0 Å². The van der Waals surface area contributed by atoms with Gasteiger partial charge in [0.2, 0.25) is 0 Å². The van der Waals surface area contributed by atoms with Gasteiger partial charge in [0.25, 0.3) is 0 Å². The molecule has 4 aromatic carbocycles. The second kappa shape index (κ2) is 11.9. The highest BCUT2D eigenvalue weighted by molar-refractivity contribution is 6.11. The van der Waals surface area contributed by atoms with Crippen molar-refractivity contribution >= 4 is 11.6 Å². The molecule has 0 spiro atoms. The van der Waals surface area contributed by atoms with Gasteiger partial charge >= 0.3 is 0 Å². The van der Waals surface area contributed by atoms with Gasteiger partial charge in [-0.1, -0.05) is 60.7 Å². The van der Waals surface area contributed by atoms with Crippen molar-refractivity contribution in [1.29, 1.82) is 0 Å². The van der Waals surface area contributed by atoms with Gasteiger partial charge < -0.3 is 29.2 Å². The predicted octanol–water partition coefficient (Wildman–Crippen LogP) is 6.01. The molecule has 4 aromatic rings. The van der Waals surface area contributed by atoms with Crippen molar-refractivity contribution in [3.05, 3.63) is 107 Å². The fraction of sp³-hybridized carbons (Fsp3) is 0.235. The SMILES string of the molecule is COc1cc(O)cc(OC)c1C(=O)[C@@H]1[C@@H](C(=O)c2c(OC)cc(O)cc2OC)[C@H](c2ccccc2)[C@H]1c1ccccc1. The van der Waals surface area contributed by atoms with Crippen LogP contribution < -0.4 is 18.9 Å². The molecule has 1 aliphatic rings. The Morgan fingerprint density at radius 1 is 0.524 bits per heavy atom. The van der Waals surface area contributed by atoms with Gasteiger partial charge in [0.05, 0.1) is 28.4 Å². The molecule has 1 aliphatic carbocycles. The monoisotopic (exact) mass is 568 g/mol. The summed E-state index contributed by atoms with van der Waals surface area (Å²) in [5, 5.41) is 20.5. The first-order valence-electron chi connectivity index (χ1n) is 13.4. The van der Waals surface area contributed by atoms with Crippen LogP contribution in [0.4, 0.5) is 0 Å². The third-order valence-corrected chi connectivity index (χ3v) is 8.00. The molecule has 0 saturated heterocycles. The van der Waals surface area contributed by atoms with E-state index in [9.17, 15) is 19.8 Å². The number of hydrogen-bond donors (Lipinski definition) is 2. The maximum Gasteiger partial charge on any atom is 0.174 e. The Morgan fingerprint density at radius 3 is 1.07 bits per heavy atom. The summed E-state index contributed by atoms with van der Waals surface area (Å²) in [6.45, 7) is 0. The number of rotatable bonds is 10. The molecule has 0 aromatic heterocycles. The van der Waals surface area contributed by atoms with E-state index in [4.69, 9.17) is 18.9 Å². The molecule has 216 valence electrons. The summed E-state index contributed by atoms with van der Waals surface area (Å²) in [6, 6.07) is 24.6. The van der Waals surface area contributed by atoms with Crippen molar-refractivity contribution in [3.63, 3.8) is 0 Å². The van der Waals surface area contributed by atoms with E-state index >= 15 is 0 Å². The Labute approximate surface area is 244 Å². The minimum Gasteiger partial charge on any atom is -0.508 e. The van der Waals surface area contributed by atoms with Crippen LogP contribution in [0.3, 0.4) is 0 Å². The van der Waals surface area contributed by atoms with Gasteiger partial charge in [0.1, 0.15) is 45.6 Å². The smallest absolute Gasteiger partial charge is 0.174 e. The van der Waals surface area contributed by atoms with Crippen LogP contribution in [-0.2, 0) is 0 Å². The molecule has 0 unspecified atom stereocenters. The zero-order chi connectivity index (χ0) is 30.0. The minimum atomic E-state index is -0.847. The van der Waals surface area contributed by atoms with Crippen molar-refractivity contribution in [2.45, 2.75) is 11.8 Å². The zero-order valence-electron chi connectivity index (χ0n) is 23.7. The molecule has 4 atom stereocenters. The van der Waals surface area contributed by atoms with Crippen molar-refractivity contribution in [3.8, 4) is 34.5 Å². The van der Waals surface area contributed by atoms with Gasteiger partial charge in [-0.3, -0.25) is 9.59 Å². The first kappa shape index (κ1) is 28.5. The molecule has 8 heteroatoms. The summed E-state index contributed by atoms with van der Waals surface area (Å²) in [4.78, 5) is 29.3. The van der Waals surface area contributed by atoms with Crippen LogP contribution >= 0.6 is 0 Å². The van der Waals surface area contributed by atoms with E-state index in [0.717, 1.165) is 11.1 Å². The average molecular weight is 569 g/mol. The molecule has 0 radical (unpaired) electrons. The molecule has 0 amide bonds. The molecule has 0 aliphatic heterocycles. The first-order chi connectivity index (χ1) is 20.3. The largest absolute Gasteiger partial charge is 0.508 e. The number of carbonyl (C=O) groups is 2. The second-order valence-corrected chi connectivity index (χ2v) is 10.1. The Kier molecular flexibility index (Phi) is 8.06. The summed E-state index contributed by atoms with van der Waals surface area (Å²) < 4.78 is 22.1. The van der Waals surface area contributed by atoms with Crippen LogP contribution in [-0.4, -0.2) is 50.2 Å². The maximum absolute atomic E-state index is 14.7. The Balaban J connectivity index is 1.75. The van der Waals surface area contributed by atoms with E-state index in [1.54, 1.807) is 0 Å². The Bertz CT molecular complexity index is 1430. The summed E-state index contributed by atoms with van der Waals surface area (Å²) in [5.41, 5.74) is 2.07. The van der Waals surface area contributed by atoms with Gasteiger partial charge in [-0.05, 0) is 11.1 Å². The summed E-state index contributed by atoms with van der Waals surface area (Å²) in [7, 11) is 5.62. The average Bonchev–Trinajstić information content (AvgIpc) is 3.00. The zero-order valence-corrected chi connectivity index (χ0v) is 23.7.